The fraction of sp³-hybridized carbons (Fsp3) is 0.0833. The van der Waals surface area contributed by atoms with E-state index in [1.165, 1.54) is 0 Å². The van der Waals surface area contributed by atoms with Crippen molar-refractivity contribution in [2.45, 2.75) is 6.61 Å². The van der Waals surface area contributed by atoms with Crippen LogP contribution in [0.25, 0.3) is 0 Å². The van der Waals surface area contributed by atoms with Gasteiger partial charge in [-0.1, -0.05) is 34.8 Å². The predicted molar refractivity (Wildman–Crippen MR) is 77.7 cm³/mol. The number of hydrogen-bond acceptors (Lipinski definition) is 2. The molecule has 1 aromatic heterocycles. The van der Waals surface area contributed by atoms with E-state index >= 15 is 0 Å². The molecule has 18 heavy (non-hydrogen) atoms. The summed E-state index contributed by atoms with van der Waals surface area (Å²) in [5.41, 5.74) is 0.589. The zero-order valence-corrected chi connectivity index (χ0v) is 12.8. The fourth-order valence-electron chi connectivity index (χ4n) is 1.30. The van der Waals surface area contributed by atoms with Crippen molar-refractivity contribution in [3.63, 3.8) is 0 Å². The molecule has 0 atom stereocenters. The summed E-state index contributed by atoms with van der Waals surface area (Å²) < 4.78 is 6.37. The van der Waals surface area contributed by atoms with Crippen molar-refractivity contribution in [3.05, 3.63) is 55.7 Å². The van der Waals surface area contributed by atoms with Crippen molar-refractivity contribution >= 4 is 50.7 Å². The summed E-state index contributed by atoms with van der Waals surface area (Å²) in [6.45, 7) is 0.236. The van der Waals surface area contributed by atoms with E-state index in [-0.39, 0.29) is 6.61 Å². The normalized spacial score (nSPS) is 10.4. The maximum absolute atomic E-state index is 5.99. The van der Waals surface area contributed by atoms with E-state index in [1.807, 2.05) is 0 Å². The van der Waals surface area contributed by atoms with Crippen LogP contribution in [0.4, 0.5) is 0 Å². The topological polar surface area (TPSA) is 22.1 Å². The second-order valence-corrected chi connectivity index (χ2v) is 5.51. The van der Waals surface area contributed by atoms with E-state index in [1.54, 1.807) is 30.3 Å². The first-order valence-electron chi connectivity index (χ1n) is 4.95. The number of halogens is 4. The first kappa shape index (κ1) is 13.9. The third kappa shape index (κ3) is 3.51. The highest BCUT2D eigenvalue weighted by Gasteiger charge is 2.06. The van der Waals surface area contributed by atoms with Crippen LogP contribution >= 0.6 is 50.7 Å². The van der Waals surface area contributed by atoms with E-state index < -0.39 is 0 Å². The minimum Gasteiger partial charge on any atom is -0.486 e. The zero-order chi connectivity index (χ0) is 13.1. The molecule has 0 fully saturated rings. The average molecular weight is 367 g/mol. The van der Waals surface area contributed by atoms with Crippen LogP contribution in [0.3, 0.4) is 0 Å². The lowest BCUT2D eigenvalue weighted by Crippen LogP contribution is -2.00. The number of pyridine rings is 1. The molecule has 0 radical (unpaired) electrons. The van der Waals surface area contributed by atoms with Gasteiger partial charge in [-0.25, -0.2) is 4.98 Å². The number of nitrogens with zero attached hydrogens (tertiary/aromatic N) is 1. The quantitative estimate of drug-likeness (QED) is 0.679. The van der Waals surface area contributed by atoms with E-state index in [2.05, 4.69) is 20.9 Å². The minimum atomic E-state index is 0.236. The Kier molecular flexibility index (Phi) is 4.73. The van der Waals surface area contributed by atoms with Crippen LogP contribution in [0.1, 0.15) is 5.69 Å². The highest BCUT2D eigenvalue weighted by atomic mass is 79.9. The zero-order valence-electron chi connectivity index (χ0n) is 8.96. The molecule has 0 aliphatic carbocycles. The maximum Gasteiger partial charge on any atom is 0.134 e. The SMILES string of the molecule is Clc1ccc(OCc2nc(Cl)ccc2Cl)c(Br)c1. The van der Waals surface area contributed by atoms with Crippen molar-refractivity contribution in [3.8, 4) is 5.75 Å². The van der Waals surface area contributed by atoms with Gasteiger partial charge < -0.3 is 4.74 Å². The molecule has 1 heterocycles. The van der Waals surface area contributed by atoms with Crippen LogP contribution < -0.4 is 4.74 Å². The maximum atomic E-state index is 5.99. The molecule has 0 N–H and O–H groups in total. The molecule has 2 nitrogen and oxygen atoms in total. The van der Waals surface area contributed by atoms with Crippen molar-refractivity contribution in [1.29, 1.82) is 0 Å². The number of rotatable bonds is 3. The lowest BCUT2D eigenvalue weighted by Gasteiger charge is -2.09. The summed E-state index contributed by atoms with van der Waals surface area (Å²) in [6.07, 6.45) is 0. The second-order valence-electron chi connectivity index (χ2n) is 3.43. The molecule has 0 amide bonds. The lowest BCUT2D eigenvalue weighted by atomic mass is 10.3. The molecule has 0 spiro atoms. The third-order valence-electron chi connectivity index (χ3n) is 2.14. The van der Waals surface area contributed by atoms with Gasteiger partial charge in [0.1, 0.15) is 17.5 Å². The van der Waals surface area contributed by atoms with E-state index in [0.717, 1.165) is 4.47 Å². The Labute approximate surface area is 128 Å². The Morgan fingerprint density at radius 3 is 2.61 bits per heavy atom. The summed E-state index contributed by atoms with van der Waals surface area (Å²) in [5.74, 6) is 0.664. The van der Waals surface area contributed by atoms with Crippen molar-refractivity contribution in [2.75, 3.05) is 0 Å². The smallest absolute Gasteiger partial charge is 0.134 e. The van der Waals surface area contributed by atoms with Crippen LogP contribution in [0.5, 0.6) is 5.75 Å². The lowest BCUT2D eigenvalue weighted by molar-refractivity contribution is 0.299. The summed E-state index contributed by atoms with van der Waals surface area (Å²) in [6, 6.07) is 8.58. The molecule has 0 saturated heterocycles. The Balaban J connectivity index is 2.13. The number of ether oxygens (including phenoxy) is 1. The second kappa shape index (κ2) is 6.11. The largest absolute Gasteiger partial charge is 0.486 e. The fourth-order valence-corrected chi connectivity index (χ4v) is 2.42. The molecule has 2 rings (SSSR count). The summed E-state index contributed by atoms with van der Waals surface area (Å²) in [7, 11) is 0. The summed E-state index contributed by atoms with van der Waals surface area (Å²) in [4.78, 5) is 4.10. The Hall–Kier alpha value is -0.480. The highest BCUT2D eigenvalue weighted by Crippen LogP contribution is 2.29. The molecule has 6 heteroatoms. The first-order valence-corrected chi connectivity index (χ1v) is 6.88. The van der Waals surface area contributed by atoms with Gasteiger partial charge in [0, 0.05) is 5.02 Å². The van der Waals surface area contributed by atoms with Crippen LogP contribution in [0.2, 0.25) is 15.2 Å². The molecular formula is C12H7BrCl3NO. The van der Waals surface area contributed by atoms with Crippen LogP contribution in [-0.2, 0) is 6.61 Å². The van der Waals surface area contributed by atoms with E-state index in [4.69, 9.17) is 39.5 Å². The van der Waals surface area contributed by atoms with Gasteiger partial charge in [-0.2, -0.15) is 0 Å². The van der Waals surface area contributed by atoms with Crippen LogP contribution in [0.15, 0.2) is 34.8 Å². The average Bonchev–Trinajstić information content (AvgIpc) is 2.32. The van der Waals surface area contributed by atoms with Gasteiger partial charge in [0.15, 0.2) is 0 Å². The molecule has 0 aliphatic rings. The molecule has 94 valence electrons. The molecule has 1 aromatic carbocycles. The molecule has 0 bridgehead atoms. The highest BCUT2D eigenvalue weighted by molar-refractivity contribution is 9.10. The molecule has 0 saturated carbocycles. The monoisotopic (exact) mass is 365 g/mol. The van der Waals surface area contributed by atoms with Gasteiger partial charge in [-0.3, -0.25) is 0 Å². The van der Waals surface area contributed by atoms with Crippen molar-refractivity contribution < 1.29 is 4.74 Å². The van der Waals surface area contributed by atoms with Gasteiger partial charge >= 0.3 is 0 Å². The first-order chi connectivity index (χ1) is 8.56. The molecular weight excluding hydrogens is 360 g/mol. The van der Waals surface area contributed by atoms with Gasteiger partial charge in [-0.05, 0) is 46.3 Å². The van der Waals surface area contributed by atoms with E-state index in [9.17, 15) is 0 Å². The van der Waals surface area contributed by atoms with Crippen molar-refractivity contribution in [2.24, 2.45) is 0 Å². The number of hydrogen-bond donors (Lipinski definition) is 0. The van der Waals surface area contributed by atoms with Crippen LogP contribution in [0, 0.1) is 0 Å². The van der Waals surface area contributed by atoms with Gasteiger partial charge in [-0.15, -0.1) is 0 Å². The van der Waals surface area contributed by atoms with Gasteiger partial charge in [0.05, 0.1) is 15.2 Å². The Morgan fingerprint density at radius 2 is 1.89 bits per heavy atom. The van der Waals surface area contributed by atoms with Crippen molar-refractivity contribution in [1.82, 2.24) is 4.98 Å². The molecule has 0 aliphatic heterocycles. The van der Waals surface area contributed by atoms with Gasteiger partial charge in [0.25, 0.3) is 0 Å². The van der Waals surface area contributed by atoms with Crippen LogP contribution in [-0.4, -0.2) is 4.98 Å². The number of benzene rings is 1. The predicted octanol–water partition coefficient (Wildman–Crippen LogP) is 5.38. The molecule has 0 unspecified atom stereocenters. The standard InChI is InChI=1S/C12H7BrCl3NO/c13-8-5-7(14)1-3-11(8)18-6-10-9(15)2-4-12(16)17-10/h1-5H,6H2. The number of aromatic nitrogens is 1. The van der Waals surface area contributed by atoms with E-state index in [0.29, 0.717) is 26.6 Å². The summed E-state index contributed by atoms with van der Waals surface area (Å²) in [5, 5.41) is 1.53. The minimum absolute atomic E-state index is 0.236. The van der Waals surface area contributed by atoms with Gasteiger partial charge in [0.2, 0.25) is 0 Å². The summed E-state index contributed by atoms with van der Waals surface area (Å²) >= 11 is 21.0. The molecule has 2 aromatic rings. The Bertz CT molecular complexity index is 577. The Morgan fingerprint density at radius 1 is 1.11 bits per heavy atom. The third-order valence-corrected chi connectivity index (χ3v) is 3.55.